The van der Waals surface area contributed by atoms with Crippen LogP contribution in [0.25, 0.3) is 0 Å². The van der Waals surface area contributed by atoms with Crippen LogP contribution in [0.2, 0.25) is 0 Å². The highest BCUT2D eigenvalue weighted by atomic mass is 16.5. The molecule has 0 aromatic carbocycles. The number of ether oxygens (including phenoxy) is 1. The number of nitrogens with two attached hydrogens (primary N) is 1. The van der Waals surface area contributed by atoms with E-state index in [-0.39, 0.29) is 18.0 Å². The summed E-state index contributed by atoms with van der Waals surface area (Å²) < 4.78 is 5.90. The predicted molar refractivity (Wildman–Crippen MR) is 216 cm³/mol. The van der Waals surface area contributed by atoms with E-state index in [1.165, 1.54) is 89.9 Å². The molecule has 0 radical (unpaired) electrons. The van der Waals surface area contributed by atoms with Gasteiger partial charge in [-0.2, -0.15) is 0 Å². The lowest BCUT2D eigenvalue weighted by molar-refractivity contribution is -0.147. The van der Waals surface area contributed by atoms with Crippen LogP contribution in [0.4, 0.5) is 0 Å². The van der Waals surface area contributed by atoms with Crippen molar-refractivity contribution in [3.63, 3.8) is 0 Å². The van der Waals surface area contributed by atoms with Gasteiger partial charge in [0.2, 0.25) is 5.91 Å². The summed E-state index contributed by atoms with van der Waals surface area (Å²) in [6.45, 7) is 4.87. The van der Waals surface area contributed by atoms with Crippen molar-refractivity contribution in [1.29, 1.82) is 0 Å². The minimum absolute atomic E-state index is 0.114. The van der Waals surface area contributed by atoms with Crippen molar-refractivity contribution in [3.8, 4) is 0 Å². The first-order valence-corrected chi connectivity index (χ1v) is 21.0. The normalized spacial score (nSPS) is 13.2. The van der Waals surface area contributed by atoms with E-state index >= 15 is 0 Å². The second-order valence-corrected chi connectivity index (χ2v) is 14.0. The van der Waals surface area contributed by atoms with Crippen molar-refractivity contribution in [3.05, 3.63) is 48.6 Å². The molecular formula is C44H78N2O5. The third-order valence-corrected chi connectivity index (χ3v) is 9.10. The fourth-order valence-electron chi connectivity index (χ4n) is 5.90. The summed E-state index contributed by atoms with van der Waals surface area (Å²) in [5, 5.41) is 11.9. The molecule has 0 fully saturated rings. The lowest BCUT2D eigenvalue weighted by atomic mass is 10.1. The summed E-state index contributed by atoms with van der Waals surface area (Å²) in [4.78, 5) is 36.3. The number of carboxylic acids is 1. The Morgan fingerprint density at radius 1 is 0.588 bits per heavy atom. The van der Waals surface area contributed by atoms with Crippen LogP contribution in [0.1, 0.15) is 194 Å². The van der Waals surface area contributed by atoms with E-state index in [9.17, 15) is 19.5 Å². The van der Waals surface area contributed by atoms with Gasteiger partial charge in [-0.1, -0.05) is 133 Å². The molecule has 0 saturated carbocycles. The Kier molecular flexibility index (Phi) is 36.5. The smallest absolute Gasteiger partial charge is 0.326 e. The number of nitrogens with one attached hydrogen (secondary N) is 1. The van der Waals surface area contributed by atoms with Gasteiger partial charge < -0.3 is 20.9 Å². The van der Waals surface area contributed by atoms with Crippen molar-refractivity contribution in [2.45, 2.75) is 206 Å². The molecule has 4 N–H and O–H groups in total. The fraction of sp³-hybridized carbons (Fsp3) is 0.750. The molecule has 51 heavy (non-hydrogen) atoms. The van der Waals surface area contributed by atoms with Crippen LogP contribution >= 0.6 is 0 Å². The number of carbonyl (C=O) groups excluding carboxylic acids is 2. The number of allylic oxidation sites excluding steroid dienone is 7. The monoisotopic (exact) mass is 715 g/mol. The van der Waals surface area contributed by atoms with Gasteiger partial charge in [0.15, 0.2) is 0 Å². The molecule has 0 aliphatic rings. The molecule has 1 amide bonds. The summed E-state index contributed by atoms with van der Waals surface area (Å²) in [6, 6.07) is -0.875. The van der Waals surface area contributed by atoms with Crippen LogP contribution in [0, 0.1) is 0 Å². The Balaban J connectivity index is 4.28. The molecule has 294 valence electrons. The maximum atomic E-state index is 12.7. The molecular weight excluding hydrogens is 636 g/mol. The van der Waals surface area contributed by atoms with Crippen LogP contribution in [-0.4, -0.2) is 41.6 Å². The maximum absolute atomic E-state index is 12.7. The van der Waals surface area contributed by atoms with Crippen LogP contribution in [0.5, 0.6) is 0 Å². The van der Waals surface area contributed by atoms with Gasteiger partial charge in [0.25, 0.3) is 0 Å². The van der Waals surface area contributed by atoms with Crippen LogP contribution in [-0.2, 0) is 19.1 Å². The fourth-order valence-corrected chi connectivity index (χ4v) is 5.90. The van der Waals surface area contributed by atoms with E-state index in [0.717, 1.165) is 57.8 Å². The first kappa shape index (κ1) is 48.3. The van der Waals surface area contributed by atoms with E-state index in [1.54, 1.807) is 0 Å². The third-order valence-electron chi connectivity index (χ3n) is 9.10. The number of hydrogen-bond acceptors (Lipinski definition) is 5. The topological polar surface area (TPSA) is 119 Å². The van der Waals surface area contributed by atoms with Crippen molar-refractivity contribution >= 4 is 17.8 Å². The average molecular weight is 715 g/mol. The maximum Gasteiger partial charge on any atom is 0.326 e. The van der Waals surface area contributed by atoms with Gasteiger partial charge in [-0.15, -0.1) is 0 Å². The van der Waals surface area contributed by atoms with Crippen LogP contribution in [0.3, 0.4) is 0 Å². The van der Waals surface area contributed by atoms with Gasteiger partial charge in [-0.25, -0.2) is 4.79 Å². The molecule has 0 aliphatic carbocycles. The molecule has 7 heteroatoms. The second kappa shape index (κ2) is 38.6. The highest BCUT2D eigenvalue weighted by Crippen LogP contribution is 2.15. The van der Waals surface area contributed by atoms with E-state index in [2.05, 4.69) is 61.7 Å². The van der Waals surface area contributed by atoms with Crippen LogP contribution < -0.4 is 11.1 Å². The third kappa shape index (κ3) is 35.5. The SMILES string of the molecule is CCCCC/C=C\C/C=C\C(CCCCCCC(=O)NC(CCCN)C(=O)O)OC(=O)CCCCCCCCC/C=C\C/C=C\CCCCCC. The van der Waals surface area contributed by atoms with Gasteiger partial charge in [-0.05, 0) is 103 Å². The zero-order valence-electron chi connectivity index (χ0n) is 32.9. The molecule has 2 atom stereocenters. The lowest BCUT2D eigenvalue weighted by Gasteiger charge is -2.15. The summed E-state index contributed by atoms with van der Waals surface area (Å²) in [6.07, 6.45) is 46.0. The number of amides is 1. The van der Waals surface area contributed by atoms with E-state index in [1.807, 2.05) is 6.08 Å². The minimum Gasteiger partial charge on any atom is -0.480 e. The van der Waals surface area contributed by atoms with Gasteiger partial charge in [0.05, 0.1) is 0 Å². The Morgan fingerprint density at radius 2 is 1.08 bits per heavy atom. The number of rotatable bonds is 37. The van der Waals surface area contributed by atoms with Crippen LogP contribution in [0.15, 0.2) is 48.6 Å². The molecule has 0 heterocycles. The summed E-state index contributed by atoms with van der Waals surface area (Å²) in [5.74, 6) is -1.36. The van der Waals surface area contributed by atoms with E-state index in [4.69, 9.17) is 10.5 Å². The van der Waals surface area contributed by atoms with Gasteiger partial charge in [0, 0.05) is 12.8 Å². The average Bonchev–Trinajstić information content (AvgIpc) is 3.11. The molecule has 0 rings (SSSR count). The summed E-state index contributed by atoms with van der Waals surface area (Å²) >= 11 is 0. The summed E-state index contributed by atoms with van der Waals surface area (Å²) in [5.41, 5.74) is 5.48. The predicted octanol–water partition coefficient (Wildman–Crippen LogP) is 11.6. The summed E-state index contributed by atoms with van der Waals surface area (Å²) in [7, 11) is 0. The molecule has 0 bridgehead atoms. The molecule has 0 aromatic heterocycles. The number of carbonyl (C=O) groups is 3. The number of carboxylic acid groups (broad SMARTS) is 1. The minimum atomic E-state index is -1.02. The van der Waals surface area contributed by atoms with Crippen molar-refractivity contribution < 1.29 is 24.2 Å². The second-order valence-electron chi connectivity index (χ2n) is 14.0. The Labute approximate surface area is 313 Å². The zero-order valence-corrected chi connectivity index (χ0v) is 32.9. The van der Waals surface area contributed by atoms with Crippen molar-refractivity contribution in [2.75, 3.05) is 6.54 Å². The number of unbranched alkanes of at least 4 members (excludes halogenated alkanes) is 17. The zero-order chi connectivity index (χ0) is 37.5. The number of esters is 1. The van der Waals surface area contributed by atoms with Gasteiger partial charge in [-0.3, -0.25) is 9.59 Å². The van der Waals surface area contributed by atoms with Gasteiger partial charge in [0.1, 0.15) is 12.1 Å². The first-order valence-electron chi connectivity index (χ1n) is 21.0. The quantitative estimate of drug-likeness (QED) is 0.0335. The molecule has 2 unspecified atom stereocenters. The van der Waals surface area contributed by atoms with Crippen molar-refractivity contribution in [2.24, 2.45) is 5.73 Å². The van der Waals surface area contributed by atoms with Gasteiger partial charge >= 0.3 is 11.9 Å². The largest absolute Gasteiger partial charge is 0.480 e. The number of aliphatic carboxylic acids is 1. The first-order chi connectivity index (χ1) is 24.9. The molecule has 0 aromatic rings. The molecule has 0 spiro atoms. The standard InChI is InChI=1S/C44H78N2O5/c1-3-5-7-9-11-13-14-15-16-17-18-19-20-21-22-24-26-32-38-43(48)51-40(34-29-25-23-12-10-8-6-4-2)35-30-27-28-31-37-42(47)46-41(44(49)50)36-33-39-45/h12-14,16-17,23,29,34,40-41H,3-11,15,18-22,24-28,30-33,35-39,45H2,1-2H3,(H,46,47)(H,49,50)/b14-13-,17-16-,23-12-,34-29-. The van der Waals surface area contributed by atoms with E-state index < -0.39 is 12.0 Å². The Morgan fingerprint density at radius 3 is 1.67 bits per heavy atom. The lowest BCUT2D eigenvalue weighted by Crippen LogP contribution is -2.40. The van der Waals surface area contributed by atoms with E-state index in [0.29, 0.717) is 38.6 Å². The number of hydrogen-bond donors (Lipinski definition) is 3. The van der Waals surface area contributed by atoms with Crippen molar-refractivity contribution in [1.82, 2.24) is 5.32 Å². The molecule has 0 saturated heterocycles. The Hall–Kier alpha value is -2.67. The highest BCUT2D eigenvalue weighted by Gasteiger charge is 2.19. The highest BCUT2D eigenvalue weighted by molar-refractivity contribution is 5.83. The Bertz CT molecular complexity index is 942. The molecule has 0 aliphatic heterocycles. The molecule has 7 nitrogen and oxygen atoms in total.